The van der Waals surface area contributed by atoms with Crippen molar-refractivity contribution in [3.05, 3.63) is 69.7 Å². The molecule has 2 amide bonds. The van der Waals surface area contributed by atoms with Gasteiger partial charge in [0.05, 0.1) is 5.75 Å². The maximum atomic E-state index is 13.1. The second-order valence-corrected chi connectivity index (χ2v) is 9.91. The number of halogens is 2. The van der Waals surface area contributed by atoms with E-state index >= 15 is 0 Å². The minimum absolute atomic E-state index is 0.122. The SMILES string of the molecule is CC(C(=O)NC(C)(C)C)N(Cc1ccccc1Cl)C(=O)CSCc1ccccc1Cl. The number of hydrogen-bond acceptors (Lipinski definition) is 3. The van der Waals surface area contributed by atoms with Crippen molar-refractivity contribution < 1.29 is 9.59 Å². The van der Waals surface area contributed by atoms with Crippen molar-refractivity contribution in [1.29, 1.82) is 0 Å². The van der Waals surface area contributed by atoms with E-state index in [4.69, 9.17) is 23.2 Å². The molecule has 0 aliphatic carbocycles. The van der Waals surface area contributed by atoms with E-state index in [9.17, 15) is 9.59 Å². The number of nitrogens with zero attached hydrogens (tertiary/aromatic N) is 1. The van der Waals surface area contributed by atoms with E-state index in [1.165, 1.54) is 11.8 Å². The Kier molecular flexibility index (Phi) is 9.08. The Morgan fingerprint density at radius 1 is 1.00 bits per heavy atom. The van der Waals surface area contributed by atoms with Crippen molar-refractivity contribution in [2.75, 3.05) is 5.75 Å². The molecule has 0 saturated heterocycles. The fraction of sp³-hybridized carbons (Fsp3) is 0.391. The van der Waals surface area contributed by atoms with Gasteiger partial charge < -0.3 is 10.2 Å². The Morgan fingerprint density at radius 3 is 2.07 bits per heavy atom. The molecule has 1 N–H and O–H groups in total. The minimum atomic E-state index is -0.631. The largest absolute Gasteiger partial charge is 0.350 e. The molecule has 0 heterocycles. The molecule has 30 heavy (non-hydrogen) atoms. The highest BCUT2D eigenvalue weighted by Gasteiger charge is 2.28. The third-order valence-corrected chi connectivity index (χ3v) is 6.11. The lowest BCUT2D eigenvalue weighted by molar-refractivity contribution is -0.139. The number of thioether (sulfide) groups is 1. The van der Waals surface area contributed by atoms with E-state index in [0.29, 0.717) is 15.8 Å². The van der Waals surface area contributed by atoms with Gasteiger partial charge in [0.15, 0.2) is 0 Å². The predicted molar refractivity (Wildman–Crippen MR) is 127 cm³/mol. The number of nitrogens with one attached hydrogen (secondary N) is 1. The van der Waals surface area contributed by atoms with E-state index in [1.807, 2.05) is 63.2 Å². The summed E-state index contributed by atoms with van der Waals surface area (Å²) in [6.07, 6.45) is 0. The van der Waals surface area contributed by atoms with Crippen LogP contribution in [0.4, 0.5) is 0 Å². The molecule has 162 valence electrons. The zero-order valence-electron chi connectivity index (χ0n) is 17.7. The van der Waals surface area contributed by atoms with Crippen molar-refractivity contribution >= 4 is 46.8 Å². The van der Waals surface area contributed by atoms with Crippen LogP contribution in [0.25, 0.3) is 0 Å². The molecule has 0 bridgehead atoms. The smallest absolute Gasteiger partial charge is 0.242 e. The monoisotopic (exact) mass is 466 g/mol. The zero-order valence-corrected chi connectivity index (χ0v) is 20.1. The average Bonchev–Trinajstić information content (AvgIpc) is 2.67. The summed E-state index contributed by atoms with van der Waals surface area (Å²) in [6, 6.07) is 14.3. The van der Waals surface area contributed by atoms with Gasteiger partial charge in [0.2, 0.25) is 11.8 Å². The lowest BCUT2D eigenvalue weighted by Gasteiger charge is -2.31. The van der Waals surface area contributed by atoms with Crippen molar-refractivity contribution in [2.24, 2.45) is 0 Å². The molecule has 0 saturated carbocycles. The molecular formula is C23H28Cl2N2O2S. The molecule has 0 fully saturated rings. The van der Waals surface area contributed by atoms with Gasteiger partial charge in [-0.2, -0.15) is 0 Å². The standard InChI is InChI=1S/C23H28Cl2N2O2S/c1-16(22(29)26-23(2,3)4)27(13-17-9-5-7-11-19(17)24)21(28)15-30-14-18-10-6-8-12-20(18)25/h5-12,16H,13-15H2,1-4H3,(H,26,29). The van der Waals surface area contributed by atoms with Gasteiger partial charge in [0.1, 0.15) is 6.04 Å². The Labute approximate surface area is 193 Å². The highest BCUT2D eigenvalue weighted by molar-refractivity contribution is 7.99. The van der Waals surface area contributed by atoms with Gasteiger partial charge in [-0.3, -0.25) is 9.59 Å². The van der Waals surface area contributed by atoms with Gasteiger partial charge >= 0.3 is 0 Å². The fourth-order valence-corrected chi connectivity index (χ4v) is 4.20. The highest BCUT2D eigenvalue weighted by atomic mass is 35.5. The van der Waals surface area contributed by atoms with Gasteiger partial charge in [-0.1, -0.05) is 59.6 Å². The summed E-state index contributed by atoms with van der Waals surface area (Å²) < 4.78 is 0. The molecule has 0 spiro atoms. The van der Waals surface area contributed by atoms with Gasteiger partial charge in [-0.25, -0.2) is 0 Å². The first kappa shape index (κ1) is 24.6. The third kappa shape index (κ3) is 7.53. The molecule has 1 unspecified atom stereocenters. The molecule has 1 atom stereocenters. The Bertz CT molecular complexity index is 884. The van der Waals surface area contributed by atoms with Gasteiger partial charge in [0.25, 0.3) is 0 Å². The quantitative estimate of drug-likeness (QED) is 0.553. The van der Waals surface area contributed by atoms with Crippen molar-refractivity contribution in [2.45, 2.75) is 51.6 Å². The second kappa shape index (κ2) is 11.1. The van der Waals surface area contributed by atoms with Gasteiger partial charge in [0, 0.05) is 27.9 Å². The predicted octanol–water partition coefficient (Wildman–Crippen LogP) is 5.56. The number of amides is 2. The lowest BCUT2D eigenvalue weighted by Crippen LogP contribution is -2.52. The van der Waals surface area contributed by atoms with E-state index in [2.05, 4.69) is 5.32 Å². The zero-order chi connectivity index (χ0) is 22.3. The molecular weight excluding hydrogens is 439 g/mol. The molecule has 0 aliphatic heterocycles. The summed E-state index contributed by atoms with van der Waals surface area (Å²) in [5, 5.41) is 4.21. The van der Waals surface area contributed by atoms with Crippen LogP contribution in [0, 0.1) is 0 Å². The lowest BCUT2D eigenvalue weighted by atomic mass is 10.1. The van der Waals surface area contributed by atoms with Crippen LogP contribution in [0.2, 0.25) is 10.0 Å². The molecule has 0 aromatic heterocycles. The molecule has 0 aliphatic rings. The number of carbonyl (C=O) groups is 2. The average molecular weight is 467 g/mol. The van der Waals surface area contributed by atoms with Crippen molar-refractivity contribution in [3.8, 4) is 0 Å². The molecule has 4 nitrogen and oxygen atoms in total. The van der Waals surface area contributed by atoms with E-state index in [-0.39, 0.29) is 29.7 Å². The minimum Gasteiger partial charge on any atom is -0.350 e. The fourth-order valence-electron chi connectivity index (χ4n) is 2.81. The molecule has 2 aromatic carbocycles. The Balaban J connectivity index is 2.13. The summed E-state index contributed by atoms with van der Waals surface area (Å²) in [4.78, 5) is 27.4. The van der Waals surface area contributed by atoms with Crippen LogP contribution in [-0.2, 0) is 21.9 Å². The van der Waals surface area contributed by atoms with Crippen LogP contribution in [0.15, 0.2) is 48.5 Å². The van der Waals surface area contributed by atoms with E-state index in [0.717, 1.165) is 11.1 Å². The summed E-state index contributed by atoms with van der Waals surface area (Å²) in [7, 11) is 0. The summed E-state index contributed by atoms with van der Waals surface area (Å²) in [5.74, 6) is 0.541. The number of rotatable bonds is 8. The number of carbonyl (C=O) groups excluding carboxylic acids is 2. The van der Waals surface area contributed by atoms with Crippen LogP contribution in [0.1, 0.15) is 38.8 Å². The van der Waals surface area contributed by atoms with E-state index < -0.39 is 6.04 Å². The van der Waals surface area contributed by atoms with Crippen LogP contribution >= 0.6 is 35.0 Å². The Morgan fingerprint density at radius 2 is 1.53 bits per heavy atom. The first-order valence-electron chi connectivity index (χ1n) is 9.74. The summed E-state index contributed by atoms with van der Waals surface area (Å²) in [5.41, 5.74) is 1.40. The topological polar surface area (TPSA) is 49.4 Å². The normalized spacial score (nSPS) is 12.3. The van der Waals surface area contributed by atoms with Crippen molar-refractivity contribution in [1.82, 2.24) is 10.2 Å². The van der Waals surface area contributed by atoms with Gasteiger partial charge in [-0.15, -0.1) is 11.8 Å². The second-order valence-electron chi connectivity index (χ2n) is 8.11. The molecule has 0 radical (unpaired) electrons. The van der Waals surface area contributed by atoms with Crippen LogP contribution in [0.3, 0.4) is 0 Å². The van der Waals surface area contributed by atoms with Crippen LogP contribution in [0.5, 0.6) is 0 Å². The number of hydrogen-bond donors (Lipinski definition) is 1. The highest BCUT2D eigenvalue weighted by Crippen LogP contribution is 2.23. The maximum absolute atomic E-state index is 13.1. The maximum Gasteiger partial charge on any atom is 0.242 e. The molecule has 2 aromatic rings. The summed E-state index contributed by atoms with van der Waals surface area (Å²) >= 11 is 14.0. The van der Waals surface area contributed by atoms with Gasteiger partial charge in [-0.05, 0) is 51.0 Å². The number of benzene rings is 2. The van der Waals surface area contributed by atoms with Crippen LogP contribution < -0.4 is 5.32 Å². The molecule has 7 heteroatoms. The van der Waals surface area contributed by atoms with Crippen molar-refractivity contribution in [3.63, 3.8) is 0 Å². The van der Waals surface area contributed by atoms with E-state index in [1.54, 1.807) is 17.9 Å². The first-order chi connectivity index (χ1) is 14.1. The molecule has 2 rings (SSSR count). The first-order valence-corrected chi connectivity index (χ1v) is 11.7. The third-order valence-electron chi connectivity index (χ3n) is 4.40. The summed E-state index contributed by atoms with van der Waals surface area (Å²) in [6.45, 7) is 7.75. The Hall–Kier alpha value is -1.69. The van der Waals surface area contributed by atoms with Crippen LogP contribution in [-0.4, -0.2) is 34.0 Å².